The van der Waals surface area contributed by atoms with Gasteiger partial charge in [0.1, 0.15) is 5.52 Å². The van der Waals surface area contributed by atoms with Gasteiger partial charge in [0, 0.05) is 25.6 Å². The van der Waals surface area contributed by atoms with Gasteiger partial charge in [0.25, 0.3) is 0 Å². The van der Waals surface area contributed by atoms with Crippen LogP contribution in [0, 0.1) is 5.92 Å². The van der Waals surface area contributed by atoms with Crippen LogP contribution in [0.1, 0.15) is 63.0 Å². The number of carbonyl (C=O) groups is 2. The number of hydrogen-bond donors (Lipinski definition) is 3. The SMILES string of the molecule is CCCCOc1nc(N)c2[nH]c(=O)n(CCCN(Cc3ccc(C(C)C(=O)O)cc3)C(=O)C3CCN(C)CC3)c2n1. The van der Waals surface area contributed by atoms with Crippen molar-refractivity contribution >= 4 is 28.9 Å². The van der Waals surface area contributed by atoms with Crippen LogP contribution in [0.2, 0.25) is 0 Å². The lowest BCUT2D eigenvalue weighted by Crippen LogP contribution is -2.42. The molecule has 41 heavy (non-hydrogen) atoms. The van der Waals surface area contributed by atoms with E-state index in [0.29, 0.717) is 49.4 Å². The summed E-state index contributed by atoms with van der Waals surface area (Å²) < 4.78 is 7.14. The number of aromatic amines is 1. The number of nitrogens with two attached hydrogens (primary N) is 1. The Balaban J connectivity index is 1.50. The molecule has 12 heteroatoms. The van der Waals surface area contributed by atoms with Gasteiger partial charge in [-0.2, -0.15) is 9.97 Å². The molecule has 1 amide bonds. The number of H-pyrrole nitrogens is 1. The first-order chi connectivity index (χ1) is 19.7. The Labute approximate surface area is 239 Å². The topological polar surface area (TPSA) is 160 Å². The lowest BCUT2D eigenvalue weighted by atomic mass is 9.95. The number of piperidine rings is 1. The Kier molecular flexibility index (Phi) is 9.98. The second kappa shape index (κ2) is 13.6. The maximum atomic E-state index is 13.7. The van der Waals surface area contributed by atoms with E-state index in [0.717, 1.165) is 44.3 Å². The van der Waals surface area contributed by atoms with Crippen molar-refractivity contribution in [3.8, 4) is 6.01 Å². The fourth-order valence-corrected chi connectivity index (χ4v) is 5.09. The minimum atomic E-state index is -0.879. The van der Waals surface area contributed by atoms with Crippen LogP contribution >= 0.6 is 0 Å². The third-order valence-corrected chi connectivity index (χ3v) is 7.77. The number of carboxylic acids is 1. The number of rotatable bonds is 13. The Morgan fingerprint density at radius 3 is 2.56 bits per heavy atom. The minimum Gasteiger partial charge on any atom is -0.481 e. The summed E-state index contributed by atoms with van der Waals surface area (Å²) in [5.41, 5.74) is 8.12. The lowest BCUT2D eigenvalue weighted by molar-refractivity contribution is -0.138. The fourth-order valence-electron chi connectivity index (χ4n) is 5.09. The zero-order valence-electron chi connectivity index (χ0n) is 24.1. The van der Waals surface area contributed by atoms with Crippen molar-refractivity contribution in [3.05, 3.63) is 45.9 Å². The third kappa shape index (κ3) is 7.43. The summed E-state index contributed by atoms with van der Waals surface area (Å²) in [5, 5.41) is 9.32. The first-order valence-electron chi connectivity index (χ1n) is 14.4. The monoisotopic (exact) mass is 567 g/mol. The molecule has 12 nitrogen and oxygen atoms in total. The van der Waals surface area contributed by atoms with Gasteiger partial charge < -0.3 is 30.4 Å². The molecule has 0 saturated carbocycles. The average molecular weight is 568 g/mol. The van der Waals surface area contributed by atoms with Gasteiger partial charge in [0.2, 0.25) is 5.91 Å². The number of nitrogens with one attached hydrogen (secondary N) is 1. The third-order valence-electron chi connectivity index (χ3n) is 7.77. The zero-order chi connectivity index (χ0) is 29.5. The van der Waals surface area contributed by atoms with Crippen molar-refractivity contribution < 1.29 is 19.4 Å². The molecule has 0 spiro atoms. The first-order valence-corrected chi connectivity index (χ1v) is 14.4. The average Bonchev–Trinajstić information content (AvgIpc) is 3.28. The summed E-state index contributed by atoms with van der Waals surface area (Å²) in [6.45, 7) is 7.09. The van der Waals surface area contributed by atoms with Gasteiger partial charge in [-0.1, -0.05) is 37.6 Å². The molecule has 0 aliphatic carbocycles. The van der Waals surface area contributed by atoms with Crippen LogP contribution in [0.25, 0.3) is 11.2 Å². The molecule has 0 bridgehead atoms. The lowest BCUT2D eigenvalue weighted by Gasteiger charge is -2.32. The highest BCUT2D eigenvalue weighted by atomic mass is 16.5. The predicted octanol–water partition coefficient (Wildman–Crippen LogP) is 2.83. The number of carboxylic acid groups (broad SMARTS) is 1. The smallest absolute Gasteiger partial charge is 0.327 e. The van der Waals surface area contributed by atoms with Crippen molar-refractivity contribution in [2.75, 3.05) is 39.0 Å². The van der Waals surface area contributed by atoms with E-state index >= 15 is 0 Å². The number of aromatic nitrogens is 4. The van der Waals surface area contributed by atoms with Crippen molar-refractivity contribution in [2.45, 2.75) is 65.0 Å². The summed E-state index contributed by atoms with van der Waals surface area (Å²) >= 11 is 0. The number of amides is 1. The van der Waals surface area contributed by atoms with Crippen LogP contribution in [0.5, 0.6) is 6.01 Å². The van der Waals surface area contributed by atoms with E-state index in [2.05, 4.69) is 33.8 Å². The number of imidazole rings is 1. The predicted molar refractivity (Wildman–Crippen MR) is 156 cm³/mol. The zero-order valence-corrected chi connectivity index (χ0v) is 24.1. The standard InChI is InChI=1S/C29H41N7O5/c1-4-5-17-41-28-32-24(30)23-25(33-28)36(29(40)31-23)14-6-13-35(26(37)22-11-15-34(3)16-12-22)18-20-7-9-21(10-8-20)19(2)27(38)39/h7-10,19,22H,4-6,11-18H2,1-3H3,(H,31,40)(H,38,39)(H2,30,32,33). The molecule has 1 fully saturated rings. The van der Waals surface area contributed by atoms with Crippen LogP contribution in [0.15, 0.2) is 29.1 Å². The van der Waals surface area contributed by atoms with Gasteiger partial charge in [-0.15, -0.1) is 0 Å². The van der Waals surface area contributed by atoms with Gasteiger partial charge >= 0.3 is 17.7 Å². The second-order valence-corrected chi connectivity index (χ2v) is 10.9. The molecular weight excluding hydrogens is 526 g/mol. The highest BCUT2D eigenvalue weighted by Crippen LogP contribution is 2.23. The van der Waals surface area contributed by atoms with Gasteiger partial charge in [-0.05, 0) is 63.9 Å². The summed E-state index contributed by atoms with van der Waals surface area (Å²) in [6, 6.07) is 7.52. The van der Waals surface area contributed by atoms with E-state index in [9.17, 15) is 19.5 Å². The Morgan fingerprint density at radius 1 is 1.20 bits per heavy atom. The van der Waals surface area contributed by atoms with E-state index in [1.54, 1.807) is 6.92 Å². The molecule has 4 rings (SSSR count). The number of fused-ring (bicyclic) bond motifs is 1. The largest absolute Gasteiger partial charge is 0.481 e. The van der Waals surface area contributed by atoms with Gasteiger partial charge in [-0.3, -0.25) is 14.2 Å². The number of unbranched alkanes of at least 4 members (excludes halogenated alkanes) is 1. The number of aliphatic carboxylic acids is 1. The Morgan fingerprint density at radius 2 is 1.90 bits per heavy atom. The highest BCUT2D eigenvalue weighted by Gasteiger charge is 2.28. The number of hydrogen-bond acceptors (Lipinski definition) is 8. The number of benzene rings is 1. The second-order valence-electron chi connectivity index (χ2n) is 10.9. The van der Waals surface area contributed by atoms with Crippen LogP contribution in [0.3, 0.4) is 0 Å². The molecule has 1 atom stereocenters. The molecule has 222 valence electrons. The fraction of sp³-hybridized carbons (Fsp3) is 0.552. The molecule has 1 aromatic carbocycles. The molecule has 1 saturated heterocycles. The van der Waals surface area contributed by atoms with E-state index in [1.807, 2.05) is 29.2 Å². The first kappa shape index (κ1) is 30.0. The molecule has 3 heterocycles. The highest BCUT2D eigenvalue weighted by molar-refractivity contribution is 5.82. The van der Waals surface area contributed by atoms with Crippen LogP contribution in [-0.4, -0.2) is 79.6 Å². The number of likely N-dealkylation sites (tertiary alicyclic amines) is 1. The van der Waals surface area contributed by atoms with E-state index in [1.165, 1.54) is 4.57 Å². The summed E-state index contributed by atoms with van der Waals surface area (Å²) in [7, 11) is 2.06. The van der Waals surface area contributed by atoms with E-state index < -0.39 is 11.9 Å². The van der Waals surface area contributed by atoms with Gasteiger partial charge in [-0.25, -0.2) is 4.79 Å². The number of ether oxygens (including phenoxy) is 1. The summed E-state index contributed by atoms with van der Waals surface area (Å²) in [6.07, 6.45) is 3.95. The summed E-state index contributed by atoms with van der Waals surface area (Å²) in [5.74, 6) is -1.28. The van der Waals surface area contributed by atoms with E-state index in [-0.39, 0.29) is 29.3 Å². The van der Waals surface area contributed by atoms with Crippen molar-refractivity contribution in [2.24, 2.45) is 5.92 Å². The molecule has 1 aliphatic heterocycles. The van der Waals surface area contributed by atoms with Crippen LogP contribution < -0.4 is 16.2 Å². The molecule has 3 aromatic rings. The molecule has 1 unspecified atom stereocenters. The number of nitrogens with zero attached hydrogens (tertiary/aromatic N) is 5. The van der Waals surface area contributed by atoms with Gasteiger partial charge in [0.05, 0.1) is 12.5 Å². The number of nitrogen functional groups attached to an aromatic ring is 1. The molecule has 4 N–H and O–H groups in total. The number of carbonyl (C=O) groups excluding carboxylic acids is 1. The Bertz CT molecular complexity index is 1390. The molecule has 0 radical (unpaired) electrons. The maximum Gasteiger partial charge on any atom is 0.327 e. The number of aryl methyl sites for hydroxylation is 1. The molecular formula is C29H41N7O5. The quantitative estimate of drug-likeness (QED) is 0.264. The van der Waals surface area contributed by atoms with Crippen LogP contribution in [-0.2, 0) is 22.7 Å². The van der Waals surface area contributed by atoms with Crippen molar-refractivity contribution in [1.29, 1.82) is 0 Å². The molecule has 1 aliphatic rings. The van der Waals surface area contributed by atoms with E-state index in [4.69, 9.17) is 10.5 Å². The maximum absolute atomic E-state index is 13.7. The number of anilines is 1. The molecule has 2 aromatic heterocycles. The van der Waals surface area contributed by atoms with Crippen molar-refractivity contribution in [3.63, 3.8) is 0 Å². The minimum absolute atomic E-state index is 0.0521. The van der Waals surface area contributed by atoms with Crippen LogP contribution in [0.4, 0.5) is 5.82 Å². The Hall–Kier alpha value is -3.93. The normalized spacial score (nSPS) is 15.2. The summed E-state index contributed by atoms with van der Waals surface area (Å²) in [4.78, 5) is 53.2. The van der Waals surface area contributed by atoms with Crippen molar-refractivity contribution in [1.82, 2.24) is 29.3 Å². The van der Waals surface area contributed by atoms with Gasteiger partial charge in [0.15, 0.2) is 11.5 Å².